The quantitative estimate of drug-likeness (QED) is 0.661. The zero-order valence-electron chi connectivity index (χ0n) is 17.2. The van der Waals surface area contributed by atoms with Crippen LogP contribution in [0.1, 0.15) is 40.7 Å². The van der Waals surface area contributed by atoms with Crippen LogP contribution in [0.2, 0.25) is 0 Å². The minimum Gasteiger partial charge on any atom is -0.550 e. The highest BCUT2D eigenvalue weighted by Crippen LogP contribution is 2.30. The van der Waals surface area contributed by atoms with Gasteiger partial charge >= 0.3 is 0 Å². The van der Waals surface area contributed by atoms with Gasteiger partial charge in [0.25, 0.3) is 5.91 Å². The number of carbonyl (C=O) groups is 4. The minimum absolute atomic E-state index is 0.238. The van der Waals surface area contributed by atoms with Crippen molar-refractivity contribution in [2.24, 2.45) is 0 Å². The van der Waals surface area contributed by atoms with Crippen LogP contribution < -0.4 is 15.7 Å². The van der Waals surface area contributed by atoms with Crippen LogP contribution in [-0.4, -0.2) is 47.2 Å². The van der Waals surface area contributed by atoms with Gasteiger partial charge in [0.1, 0.15) is 6.04 Å². The molecule has 164 valence electrons. The molecule has 2 heterocycles. The molecule has 1 fully saturated rings. The Bertz CT molecular complexity index is 1100. The van der Waals surface area contributed by atoms with Crippen molar-refractivity contribution in [3.63, 3.8) is 0 Å². The van der Waals surface area contributed by atoms with Gasteiger partial charge < -0.3 is 25.4 Å². The lowest BCUT2D eigenvalue weighted by Crippen LogP contribution is -2.51. The average molecular weight is 432 g/mol. The Labute approximate surface area is 184 Å². The van der Waals surface area contributed by atoms with Crippen LogP contribution in [0.5, 0.6) is 0 Å². The molecule has 2 aliphatic rings. The Hall–Kier alpha value is -3.94. The van der Waals surface area contributed by atoms with Gasteiger partial charge in [0, 0.05) is 18.9 Å². The third-order valence-electron chi connectivity index (χ3n) is 5.63. The van der Waals surface area contributed by atoms with Crippen molar-refractivity contribution in [3.8, 4) is 0 Å². The maximum atomic E-state index is 13.2. The molecule has 2 N–H and O–H groups in total. The molecule has 0 unspecified atom stereocenters. The number of fused-ring (bicyclic) bond motifs is 2. The van der Waals surface area contributed by atoms with Crippen LogP contribution in [0, 0.1) is 0 Å². The van der Waals surface area contributed by atoms with Gasteiger partial charge in [-0.05, 0) is 36.1 Å². The highest BCUT2D eigenvalue weighted by atomic mass is 16.4. The second-order valence-electron chi connectivity index (χ2n) is 7.82. The van der Waals surface area contributed by atoms with Crippen molar-refractivity contribution < 1.29 is 24.3 Å². The number of nitrogens with one attached hydrogen (secondary N) is 2. The molecule has 0 radical (unpaired) electrons. The van der Waals surface area contributed by atoms with Crippen molar-refractivity contribution in [1.29, 1.82) is 0 Å². The number of carbonyl (C=O) groups excluding carboxylic acids is 4. The molecule has 2 aliphatic heterocycles. The van der Waals surface area contributed by atoms with Crippen molar-refractivity contribution >= 4 is 41.5 Å². The summed E-state index contributed by atoms with van der Waals surface area (Å²) in [7, 11) is 0. The Morgan fingerprint density at radius 1 is 1.06 bits per heavy atom. The molecule has 4 rings (SSSR count). The van der Waals surface area contributed by atoms with E-state index in [-0.39, 0.29) is 18.2 Å². The summed E-state index contributed by atoms with van der Waals surface area (Å²) in [5.41, 5.74) is 2.66. The summed E-state index contributed by atoms with van der Waals surface area (Å²) in [6.07, 6.45) is 3.61. The van der Waals surface area contributed by atoms with Crippen LogP contribution in [0.25, 0.3) is 12.2 Å². The van der Waals surface area contributed by atoms with Gasteiger partial charge in [-0.1, -0.05) is 48.6 Å². The number of benzene rings is 2. The largest absolute Gasteiger partial charge is 0.550 e. The highest BCUT2D eigenvalue weighted by molar-refractivity contribution is 6.11. The third-order valence-corrected chi connectivity index (χ3v) is 5.63. The lowest BCUT2D eigenvalue weighted by Gasteiger charge is -2.25. The minimum atomic E-state index is -1.32. The summed E-state index contributed by atoms with van der Waals surface area (Å²) in [6, 6.07) is 13.6. The maximum absolute atomic E-state index is 13.2. The normalized spacial score (nSPS) is 19.8. The Morgan fingerprint density at radius 2 is 1.81 bits per heavy atom. The van der Waals surface area contributed by atoms with Crippen LogP contribution in [0.3, 0.4) is 0 Å². The number of anilines is 1. The van der Waals surface area contributed by atoms with Gasteiger partial charge in [0.05, 0.1) is 17.3 Å². The topological polar surface area (TPSA) is 119 Å². The lowest BCUT2D eigenvalue weighted by atomic mass is 10.1. The van der Waals surface area contributed by atoms with E-state index in [1.54, 1.807) is 12.1 Å². The molecule has 0 saturated carbocycles. The molecule has 0 bridgehead atoms. The van der Waals surface area contributed by atoms with E-state index < -0.39 is 30.4 Å². The lowest BCUT2D eigenvalue weighted by molar-refractivity contribution is -0.305. The molecule has 8 nitrogen and oxygen atoms in total. The van der Waals surface area contributed by atoms with E-state index in [0.29, 0.717) is 24.2 Å². The molecule has 2 aromatic rings. The molecule has 1 saturated heterocycles. The molecular weight excluding hydrogens is 410 g/mol. The fourth-order valence-electron chi connectivity index (χ4n) is 4.06. The molecule has 8 heteroatoms. The predicted molar refractivity (Wildman–Crippen MR) is 116 cm³/mol. The Kier molecular flexibility index (Phi) is 6.02. The second-order valence-corrected chi connectivity index (χ2v) is 7.82. The zero-order chi connectivity index (χ0) is 22.7. The SMILES string of the molecule is O=C([O-])CCC(=O)N[C@H]1CCN2C(=O)c3cc(/C=C/c4ccccc4)ccc3NC(=O)[C@H]12. The molecular formula is C24H22N3O5-. The van der Waals surface area contributed by atoms with E-state index in [9.17, 15) is 24.3 Å². The number of hydrogen-bond acceptors (Lipinski definition) is 5. The standard InChI is InChI=1S/C24H23N3O5/c28-20(10-11-21(29)30)25-19-12-13-27-22(19)23(31)26-18-9-8-16(14-17(18)24(27)32)7-6-15-4-2-1-3-5-15/h1-9,14,19,22H,10-13H2,(H,25,28)(H,26,31)(H,29,30)/p-1/b7-6+/t19-,22-/m0/s1. The van der Waals surface area contributed by atoms with E-state index in [0.717, 1.165) is 11.1 Å². The Morgan fingerprint density at radius 3 is 2.56 bits per heavy atom. The van der Waals surface area contributed by atoms with Gasteiger partial charge in [0.2, 0.25) is 11.8 Å². The molecule has 32 heavy (non-hydrogen) atoms. The average Bonchev–Trinajstić information content (AvgIpc) is 3.16. The first-order valence-electron chi connectivity index (χ1n) is 10.4. The molecule has 0 aliphatic carbocycles. The van der Waals surface area contributed by atoms with Gasteiger partial charge in [-0.2, -0.15) is 0 Å². The number of amides is 3. The van der Waals surface area contributed by atoms with Gasteiger partial charge in [-0.15, -0.1) is 0 Å². The summed E-state index contributed by atoms with van der Waals surface area (Å²) in [5, 5.41) is 16.1. The number of hydrogen-bond donors (Lipinski definition) is 2. The van der Waals surface area contributed by atoms with E-state index in [2.05, 4.69) is 10.6 Å². The van der Waals surface area contributed by atoms with Crippen molar-refractivity contribution in [2.75, 3.05) is 11.9 Å². The van der Waals surface area contributed by atoms with Crippen LogP contribution >= 0.6 is 0 Å². The van der Waals surface area contributed by atoms with E-state index in [1.165, 1.54) is 4.90 Å². The van der Waals surface area contributed by atoms with E-state index in [1.807, 2.05) is 48.6 Å². The van der Waals surface area contributed by atoms with Crippen LogP contribution in [0.4, 0.5) is 5.69 Å². The van der Waals surface area contributed by atoms with Crippen LogP contribution in [0.15, 0.2) is 48.5 Å². The van der Waals surface area contributed by atoms with Gasteiger partial charge in [0.15, 0.2) is 0 Å². The van der Waals surface area contributed by atoms with Crippen molar-refractivity contribution in [1.82, 2.24) is 10.2 Å². The van der Waals surface area contributed by atoms with Crippen molar-refractivity contribution in [3.05, 3.63) is 65.2 Å². The predicted octanol–water partition coefficient (Wildman–Crippen LogP) is 1.04. The summed E-state index contributed by atoms with van der Waals surface area (Å²) in [5.74, 6) is -2.48. The fraction of sp³-hybridized carbons (Fsp3) is 0.250. The second kappa shape index (κ2) is 9.05. The number of carboxylic acid groups (broad SMARTS) is 1. The fourth-order valence-corrected chi connectivity index (χ4v) is 4.06. The molecule has 2 atom stereocenters. The summed E-state index contributed by atoms with van der Waals surface area (Å²) < 4.78 is 0. The monoisotopic (exact) mass is 432 g/mol. The molecule has 2 aromatic carbocycles. The highest BCUT2D eigenvalue weighted by Gasteiger charge is 2.45. The van der Waals surface area contributed by atoms with E-state index in [4.69, 9.17) is 0 Å². The molecule has 0 aromatic heterocycles. The maximum Gasteiger partial charge on any atom is 0.256 e. The summed E-state index contributed by atoms with van der Waals surface area (Å²) >= 11 is 0. The first-order chi connectivity index (χ1) is 15.4. The van der Waals surface area contributed by atoms with Gasteiger partial charge in [-0.3, -0.25) is 14.4 Å². The number of rotatable bonds is 6. The molecule has 3 amide bonds. The third kappa shape index (κ3) is 4.54. The Balaban J connectivity index is 1.53. The smallest absolute Gasteiger partial charge is 0.256 e. The molecule has 0 spiro atoms. The van der Waals surface area contributed by atoms with E-state index >= 15 is 0 Å². The number of nitrogens with zero attached hydrogens (tertiary/aromatic N) is 1. The first-order valence-corrected chi connectivity index (χ1v) is 10.4. The van der Waals surface area contributed by atoms with Gasteiger partial charge in [-0.25, -0.2) is 0 Å². The van der Waals surface area contributed by atoms with Crippen LogP contribution in [-0.2, 0) is 14.4 Å². The zero-order valence-corrected chi connectivity index (χ0v) is 17.2. The van der Waals surface area contributed by atoms with Crippen molar-refractivity contribution in [2.45, 2.75) is 31.3 Å². The summed E-state index contributed by atoms with van der Waals surface area (Å²) in [6.45, 7) is 0.311. The number of aliphatic carboxylic acids is 1. The summed E-state index contributed by atoms with van der Waals surface area (Å²) in [4.78, 5) is 50.2. The first kappa shape index (κ1) is 21.3. The number of carboxylic acids is 1.